The Morgan fingerprint density at radius 2 is 2.25 bits per heavy atom. The van der Waals surface area contributed by atoms with Gasteiger partial charge in [0.05, 0.1) is 19.1 Å². The Bertz CT molecular complexity index is 249. The van der Waals surface area contributed by atoms with Crippen molar-refractivity contribution in [2.45, 2.75) is 58.2 Å². The van der Waals surface area contributed by atoms with Gasteiger partial charge in [0.2, 0.25) is 0 Å². The highest BCUT2D eigenvalue weighted by molar-refractivity contribution is 5.89. The van der Waals surface area contributed by atoms with Crippen molar-refractivity contribution in [3.05, 3.63) is 0 Å². The van der Waals surface area contributed by atoms with Gasteiger partial charge in [-0.1, -0.05) is 19.8 Å². The van der Waals surface area contributed by atoms with E-state index in [1.165, 1.54) is 0 Å². The summed E-state index contributed by atoms with van der Waals surface area (Å²) in [7, 11) is 0. The van der Waals surface area contributed by atoms with Crippen molar-refractivity contribution >= 4 is 11.8 Å². The molecule has 1 saturated heterocycles. The molecule has 0 spiro atoms. The van der Waals surface area contributed by atoms with Gasteiger partial charge < -0.3 is 9.47 Å². The summed E-state index contributed by atoms with van der Waals surface area (Å²) in [5, 5.41) is 0. The molecule has 0 aliphatic carbocycles. The summed E-state index contributed by atoms with van der Waals surface area (Å²) in [6, 6.07) is 0. The third-order valence-electron chi connectivity index (χ3n) is 2.68. The summed E-state index contributed by atoms with van der Waals surface area (Å²) in [4.78, 5) is 22.8. The molecule has 0 radical (unpaired) electrons. The summed E-state index contributed by atoms with van der Waals surface area (Å²) in [5.41, 5.74) is 0. The van der Waals surface area contributed by atoms with E-state index in [4.69, 9.17) is 9.47 Å². The topological polar surface area (TPSA) is 52.6 Å². The first kappa shape index (κ1) is 13.2. The Morgan fingerprint density at radius 1 is 1.50 bits per heavy atom. The minimum absolute atomic E-state index is 0.00637. The van der Waals surface area contributed by atoms with Gasteiger partial charge in [0.25, 0.3) is 0 Å². The first-order valence-corrected chi connectivity index (χ1v) is 6.01. The molecule has 0 unspecified atom stereocenters. The van der Waals surface area contributed by atoms with Crippen LogP contribution in [-0.4, -0.2) is 30.6 Å². The van der Waals surface area contributed by atoms with Crippen molar-refractivity contribution in [2.75, 3.05) is 6.61 Å². The molecule has 4 heteroatoms. The Kier molecular flexibility index (Phi) is 5.46. The molecule has 0 bridgehead atoms. The monoisotopic (exact) mass is 228 g/mol. The average Bonchev–Trinajstić information content (AvgIpc) is 2.57. The van der Waals surface area contributed by atoms with E-state index in [0.29, 0.717) is 13.0 Å². The second-order valence-electron chi connectivity index (χ2n) is 4.07. The summed E-state index contributed by atoms with van der Waals surface area (Å²) >= 11 is 0. The fourth-order valence-corrected chi connectivity index (χ4v) is 1.85. The van der Waals surface area contributed by atoms with Crippen LogP contribution >= 0.6 is 0 Å². The molecule has 0 N–H and O–H groups in total. The van der Waals surface area contributed by atoms with Gasteiger partial charge in [-0.05, 0) is 13.3 Å². The number of ketones is 1. The number of hydrogen-bond donors (Lipinski definition) is 0. The molecular weight excluding hydrogens is 208 g/mol. The van der Waals surface area contributed by atoms with Crippen LogP contribution in [0.1, 0.15) is 46.0 Å². The summed E-state index contributed by atoms with van der Waals surface area (Å²) in [6.45, 7) is 4.20. The van der Waals surface area contributed by atoms with Gasteiger partial charge in [-0.15, -0.1) is 0 Å². The lowest BCUT2D eigenvalue weighted by molar-refractivity contribution is -0.148. The second kappa shape index (κ2) is 6.63. The van der Waals surface area contributed by atoms with E-state index in [0.717, 1.165) is 19.3 Å². The molecule has 2 atom stereocenters. The largest absolute Gasteiger partial charge is 0.466 e. The van der Waals surface area contributed by atoms with Gasteiger partial charge in [0.1, 0.15) is 6.10 Å². The molecule has 1 rings (SSSR count). The van der Waals surface area contributed by atoms with Crippen LogP contribution in [0.25, 0.3) is 0 Å². The predicted octanol–water partition coefficient (Wildman–Crippen LogP) is 1.86. The van der Waals surface area contributed by atoms with Crippen LogP contribution in [0.4, 0.5) is 0 Å². The third-order valence-corrected chi connectivity index (χ3v) is 2.68. The number of rotatable bonds is 6. The Balaban J connectivity index is 2.33. The van der Waals surface area contributed by atoms with Gasteiger partial charge in [-0.25, -0.2) is 0 Å². The molecule has 1 fully saturated rings. The smallest absolute Gasteiger partial charge is 0.308 e. The van der Waals surface area contributed by atoms with Gasteiger partial charge in [0.15, 0.2) is 5.78 Å². The first-order valence-electron chi connectivity index (χ1n) is 6.01. The zero-order valence-corrected chi connectivity index (χ0v) is 10.0. The highest BCUT2D eigenvalue weighted by Gasteiger charge is 2.34. The van der Waals surface area contributed by atoms with Crippen molar-refractivity contribution < 1.29 is 19.1 Å². The van der Waals surface area contributed by atoms with E-state index in [1.807, 2.05) is 0 Å². The maximum absolute atomic E-state index is 11.6. The number of hydrogen-bond acceptors (Lipinski definition) is 4. The molecule has 1 aliphatic heterocycles. The van der Waals surface area contributed by atoms with E-state index in [1.54, 1.807) is 6.92 Å². The number of esters is 1. The summed E-state index contributed by atoms with van der Waals surface area (Å²) < 4.78 is 10.3. The first-order chi connectivity index (χ1) is 7.67. The van der Waals surface area contributed by atoms with Gasteiger partial charge in [-0.2, -0.15) is 0 Å². The average molecular weight is 228 g/mol. The Labute approximate surface area is 96.3 Å². The van der Waals surface area contributed by atoms with Crippen LogP contribution in [-0.2, 0) is 19.1 Å². The number of Topliss-reactive ketones (excluding diaryl/α,β-unsaturated/α-hetero) is 1. The molecule has 4 nitrogen and oxygen atoms in total. The molecule has 0 amide bonds. The van der Waals surface area contributed by atoms with Crippen LogP contribution in [0.3, 0.4) is 0 Å². The number of unbranched alkanes of at least 4 members (excludes halogenated alkanes) is 1. The van der Waals surface area contributed by atoms with Crippen LogP contribution in [0.5, 0.6) is 0 Å². The van der Waals surface area contributed by atoms with Crippen LogP contribution < -0.4 is 0 Å². The van der Waals surface area contributed by atoms with E-state index in [9.17, 15) is 9.59 Å². The maximum atomic E-state index is 11.6. The fraction of sp³-hybridized carbons (Fsp3) is 0.833. The standard InChI is InChI=1S/C12H20O4/c1-3-5-6-9-7-10(13)11(16-9)8-12(14)15-4-2/h9,11H,3-8H2,1-2H3/t9-,11+/m1/s1. The number of carbonyl (C=O) groups is 2. The molecule has 0 aromatic carbocycles. The van der Waals surface area contributed by atoms with E-state index < -0.39 is 6.10 Å². The molecule has 92 valence electrons. The fourth-order valence-electron chi connectivity index (χ4n) is 1.85. The quantitative estimate of drug-likeness (QED) is 0.651. The molecule has 0 saturated carbocycles. The molecule has 0 aromatic rings. The highest BCUT2D eigenvalue weighted by atomic mass is 16.5. The molecule has 1 aliphatic rings. The number of carbonyl (C=O) groups excluding carboxylic acids is 2. The van der Waals surface area contributed by atoms with Crippen molar-refractivity contribution in [2.24, 2.45) is 0 Å². The molecule has 1 heterocycles. The van der Waals surface area contributed by atoms with Gasteiger partial charge >= 0.3 is 5.97 Å². The summed E-state index contributed by atoms with van der Waals surface area (Å²) in [5.74, 6) is -0.314. The lowest BCUT2D eigenvalue weighted by Crippen LogP contribution is -2.21. The Morgan fingerprint density at radius 3 is 2.88 bits per heavy atom. The van der Waals surface area contributed by atoms with E-state index in [2.05, 4.69) is 6.92 Å². The predicted molar refractivity (Wildman–Crippen MR) is 59.1 cm³/mol. The second-order valence-corrected chi connectivity index (χ2v) is 4.07. The van der Waals surface area contributed by atoms with Gasteiger partial charge in [0, 0.05) is 6.42 Å². The zero-order valence-electron chi connectivity index (χ0n) is 10.0. The van der Waals surface area contributed by atoms with Crippen LogP contribution in [0, 0.1) is 0 Å². The Hall–Kier alpha value is -0.900. The lowest BCUT2D eigenvalue weighted by Gasteiger charge is -2.11. The van der Waals surface area contributed by atoms with Crippen LogP contribution in [0.2, 0.25) is 0 Å². The van der Waals surface area contributed by atoms with Gasteiger partial charge in [-0.3, -0.25) is 9.59 Å². The highest BCUT2D eigenvalue weighted by Crippen LogP contribution is 2.23. The van der Waals surface area contributed by atoms with Crippen molar-refractivity contribution in [1.82, 2.24) is 0 Å². The summed E-state index contributed by atoms with van der Waals surface area (Å²) in [6.07, 6.45) is 3.01. The van der Waals surface area contributed by atoms with Crippen LogP contribution in [0.15, 0.2) is 0 Å². The van der Waals surface area contributed by atoms with E-state index >= 15 is 0 Å². The lowest BCUT2D eigenvalue weighted by atomic mass is 10.1. The minimum Gasteiger partial charge on any atom is -0.466 e. The SMILES string of the molecule is CCCC[C@@H]1CC(=O)[C@H](CC(=O)OCC)O1. The normalized spacial score (nSPS) is 24.8. The third kappa shape index (κ3) is 3.93. The molecule has 16 heavy (non-hydrogen) atoms. The molecular formula is C12H20O4. The van der Waals surface area contributed by atoms with E-state index in [-0.39, 0.29) is 24.3 Å². The maximum Gasteiger partial charge on any atom is 0.308 e. The zero-order chi connectivity index (χ0) is 12.0. The van der Waals surface area contributed by atoms with Crippen molar-refractivity contribution in [3.8, 4) is 0 Å². The van der Waals surface area contributed by atoms with Crippen molar-refractivity contribution in [3.63, 3.8) is 0 Å². The number of ether oxygens (including phenoxy) is 2. The minimum atomic E-state index is -0.569. The molecule has 0 aromatic heterocycles. The van der Waals surface area contributed by atoms with Crippen molar-refractivity contribution in [1.29, 1.82) is 0 Å².